The van der Waals surface area contributed by atoms with Crippen LogP contribution in [0.2, 0.25) is 0 Å². The van der Waals surface area contributed by atoms with E-state index in [0.717, 1.165) is 32.6 Å². The first-order valence-corrected chi connectivity index (χ1v) is 8.24. The summed E-state index contributed by atoms with van der Waals surface area (Å²) < 4.78 is 13.2. The molecule has 2 heterocycles. The number of nitrogens with one attached hydrogen (secondary N) is 1. The molecular weight excluding hydrogens is 360 g/mol. The number of benzene rings is 1. The lowest BCUT2D eigenvalue weighted by Gasteiger charge is -2.01. The zero-order valence-corrected chi connectivity index (χ0v) is 13.5. The first kappa shape index (κ1) is 13.6. The predicted octanol–water partition coefficient (Wildman–Crippen LogP) is 2.99. The molecule has 0 fully saturated rings. The van der Waals surface area contributed by atoms with Gasteiger partial charge in [0.25, 0.3) is 4.90 Å². The van der Waals surface area contributed by atoms with Crippen molar-refractivity contribution in [1.29, 1.82) is 0 Å². The maximum atomic E-state index is 10.6. The molecule has 102 valence electrons. The second-order valence-corrected chi connectivity index (χ2v) is 6.49. The van der Waals surface area contributed by atoms with Gasteiger partial charge in [-0.15, -0.1) is 5.10 Å². The highest BCUT2D eigenvalue weighted by Gasteiger charge is 2.08. The van der Waals surface area contributed by atoms with Crippen molar-refractivity contribution in [3.63, 3.8) is 0 Å². The maximum Gasteiger partial charge on any atom is 0.505 e. The molecule has 20 heavy (non-hydrogen) atoms. The number of rotatable bonds is 5. The van der Waals surface area contributed by atoms with Crippen molar-refractivity contribution in [1.82, 2.24) is 14.6 Å². The van der Waals surface area contributed by atoms with E-state index >= 15 is 0 Å². The lowest BCUT2D eigenvalue weighted by Crippen LogP contribution is -2.04. The van der Waals surface area contributed by atoms with E-state index in [2.05, 4.69) is 31.3 Å². The van der Waals surface area contributed by atoms with Gasteiger partial charge < -0.3 is 5.32 Å². The summed E-state index contributed by atoms with van der Waals surface area (Å²) in [7, 11) is 0. The number of hydrogen-bond acceptors (Lipinski definition) is 5. The van der Waals surface area contributed by atoms with Crippen molar-refractivity contribution < 1.29 is 4.21 Å². The summed E-state index contributed by atoms with van der Waals surface area (Å²) in [6.45, 7) is 0.790. The Bertz CT molecular complexity index is 738. The summed E-state index contributed by atoms with van der Waals surface area (Å²) in [5, 5.41) is 8.53. The van der Waals surface area contributed by atoms with Gasteiger partial charge in [0.2, 0.25) is 10.1 Å². The van der Waals surface area contributed by atoms with E-state index in [4.69, 9.17) is 0 Å². The van der Waals surface area contributed by atoms with Gasteiger partial charge in [0.05, 0.1) is 6.20 Å². The Balaban J connectivity index is 1.59. The summed E-state index contributed by atoms with van der Waals surface area (Å²) in [6.07, 6.45) is 2.62. The molecule has 0 radical (unpaired) electrons. The first-order chi connectivity index (χ1) is 9.76. The molecule has 8 heteroatoms. The van der Waals surface area contributed by atoms with Gasteiger partial charge in [-0.3, -0.25) is 0 Å². The molecule has 0 atom stereocenters. The third-order valence-corrected chi connectivity index (χ3v) is 4.64. The quantitative estimate of drug-likeness (QED) is 0.702. The molecule has 0 saturated carbocycles. The molecule has 2 aromatic heterocycles. The SMILES string of the molecule is O=[S+]c1ccc(CCNc2nn3c(Br)cnc3s2)cc1. The number of fused-ring (bicyclic) bond motifs is 1. The molecule has 0 saturated heterocycles. The molecule has 0 aliphatic rings. The molecular formula is C12H10BrN4OS2+. The van der Waals surface area contributed by atoms with Crippen LogP contribution in [0.25, 0.3) is 4.96 Å². The molecule has 0 unspecified atom stereocenters. The van der Waals surface area contributed by atoms with Gasteiger partial charge in [0, 0.05) is 22.9 Å². The summed E-state index contributed by atoms with van der Waals surface area (Å²) in [4.78, 5) is 5.83. The molecule has 0 amide bonds. The van der Waals surface area contributed by atoms with Crippen LogP contribution in [0, 0.1) is 0 Å². The fraction of sp³-hybridized carbons (Fsp3) is 0.167. The topological polar surface area (TPSA) is 59.3 Å². The molecule has 3 aromatic rings. The van der Waals surface area contributed by atoms with E-state index < -0.39 is 0 Å². The number of hydrogen-bond donors (Lipinski definition) is 1. The normalized spacial score (nSPS) is 10.8. The van der Waals surface area contributed by atoms with E-state index in [1.165, 1.54) is 16.9 Å². The van der Waals surface area contributed by atoms with Crippen molar-refractivity contribution in [2.75, 3.05) is 11.9 Å². The lowest BCUT2D eigenvalue weighted by molar-refractivity contribution is 0.605. The number of anilines is 1. The largest absolute Gasteiger partial charge is 0.505 e. The average molecular weight is 370 g/mol. The minimum absolute atomic E-state index is 0.515. The monoisotopic (exact) mass is 369 g/mol. The van der Waals surface area contributed by atoms with Crippen molar-refractivity contribution in [2.24, 2.45) is 0 Å². The van der Waals surface area contributed by atoms with E-state index in [0.29, 0.717) is 11.7 Å². The van der Waals surface area contributed by atoms with Gasteiger partial charge >= 0.3 is 11.7 Å². The van der Waals surface area contributed by atoms with Crippen molar-refractivity contribution in [3.05, 3.63) is 40.6 Å². The van der Waals surface area contributed by atoms with Crippen LogP contribution in [-0.2, 0) is 22.3 Å². The van der Waals surface area contributed by atoms with Crippen LogP contribution in [0.15, 0.2) is 40.0 Å². The third-order valence-electron chi connectivity index (χ3n) is 2.75. The fourth-order valence-corrected chi connectivity index (χ4v) is 3.28. The standard InChI is InChI=1S/C12H10BrN4OS2/c13-10-7-15-12-17(10)16-11(19-12)14-6-5-8-1-3-9(20-18)4-2-8/h1-4,7H,5-6H2,(H,14,16)/q+1. The van der Waals surface area contributed by atoms with Gasteiger partial charge in [-0.05, 0) is 27.9 Å². The molecule has 0 aliphatic carbocycles. The van der Waals surface area contributed by atoms with Gasteiger partial charge in [0.1, 0.15) is 4.60 Å². The van der Waals surface area contributed by atoms with E-state index in [-0.39, 0.29) is 0 Å². The lowest BCUT2D eigenvalue weighted by atomic mass is 10.1. The maximum absolute atomic E-state index is 10.6. The van der Waals surface area contributed by atoms with Gasteiger partial charge in [0.15, 0.2) is 0 Å². The van der Waals surface area contributed by atoms with Crippen LogP contribution in [-0.4, -0.2) is 21.1 Å². The molecule has 5 nitrogen and oxygen atoms in total. The third kappa shape index (κ3) is 2.87. The summed E-state index contributed by atoms with van der Waals surface area (Å²) in [5.41, 5.74) is 1.19. The summed E-state index contributed by atoms with van der Waals surface area (Å²) in [6, 6.07) is 7.66. The Morgan fingerprint density at radius 2 is 2.15 bits per heavy atom. The van der Waals surface area contributed by atoms with Crippen molar-refractivity contribution in [2.45, 2.75) is 11.3 Å². The van der Waals surface area contributed by atoms with Crippen LogP contribution in [0.1, 0.15) is 5.56 Å². The van der Waals surface area contributed by atoms with Crippen molar-refractivity contribution >= 4 is 49.0 Å². The first-order valence-electron chi connectivity index (χ1n) is 5.89. The highest BCUT2D eigenvalue weighted by Crippen LogP contribution is 2.22. The van der Waals surface area contributed by atoms with E-state index in [1.807, 2.05) is 24.3 Å². The Kier molecular flexibility index (Phi) is 4.04. The molecule has 1 aromatic carbocycles. The highest BCUT2D eigenvalue weighted by atomic mass is 79.9. The Labute approximate surface area is 131 Å². The molecule has 1 N–H and O–H groups in total. The Morgan fingerprint density at radius 1 is 1.35 bits per heavy atom. The summed E-state index contributed by atoms with van der Waals surface area (Å²) >= 11 is 5.42. The van der Waals surface area contributed by atoms with Crippen LogP contribution in [0.5, 0.6) is 0 Å². The minimum atomic E-state index is 0.515. The smallest absolute Gasteiger partial charge is 0.360 e. The van der Waals surface area contributed by atoms with Crippen molar-refractivity contribution in [3.8, 4) is 0 Å². The van der Waals surface area contributed by atoms with Crippen LogP contribution >= 0.6 is 27.3 Å². The van der Waals surface area contributed by atoms with Crippen LogP contribution in [0.3, 0.4) is 0 Å². The molecule has 0 spiro atoms. The second-order valence-electron chi connectivity index (χ2n) is 4.09. The Hall–Kier alpha value is -1.38. The average Bonchev–Trinajstić information content (AvgIpc) is 3.02. The van der Waals surface area contributed by atoms with E-state index in [9.17, 15) is 4.21 Å². The predicted molar refractivity (Wildman–Crippen MR) is 83.5 cm³/mol. The number of aromatic nitrogens is 3. The van der Waals surface area contributed by atoms with Crippen LogP contribution in [0.4, 0.5) is 5.13 Å². The molecule has 0 aliphatic heterocycles. The van der Waals surface area contributed by atoms with Gasteiger partial charge in [-0.1, -0.05) is 23.5 Å². The number of halogens is 1. The second kappa shape index (κ2) is 5.94. The van der Waals surface area contributed by atoms with E-state index in [1.54, 1.807) is 10.7 Å². The summed E-state index contributed by atoms with van der Waals surface area (Å²) in [5.74, 6) is 0. The molecule has 3 rings (SSSR count). The highest BCUT2D eigenvalue weighted by molar-refractivity contribution is 9.10. The minimum Gasteiger partial charge on any atom is -0.360 e. The fourth-order valence-electron chi connectivity index (χ4n) is 1.76. The molecule has 0 bridgehead atoms. The van der Waals surface area contributed by atoms with Crippen LogP contribution < -0.4 is 5.32 Å². The Morgan fingerprint density at radius 3 is 2.85 bits per heavy atom. The number of nitrogens with zero attached hydrogens (tertiary/aromatic N) is 3. The number of imidazole rings is 1. The zero-order chi connectivity index (χ0) is 13.9. The zero-order valence-electron chi connectivity index (χ0n) is 10.2. The van der Waals surface area contributed by atoms with Gasteiger partial charge in [-0.2, -0.15) is 4.52 Å². The van der Waals surface area contributed by atoms with Gasteiger partial charge in [-0.25, -0.2) is 4.98 Å².